The highest BCUT2D eigenvalue weighted by Crippen LogP contribution is 2.35. The lowest BCUT2D eigenvalue weighted by Gasteiger charge is -2.11. The number of nitrogens with zero attached hydrogens (tertiary/aromatic N) is 1. The number of nitriles is 1. The first-order valence-electron chi connectivity index (χ1n) is 4.64. The molecular weight excluding hydrogens is 222 g/mol. The molecule has 0 aliphatic carbocycles. The van der Waals surface area contributed by atoms with Crippen LogP contribution in [0, 0.1) is 24.1 Å². The maximum atomic E-state index is 12.8. The van der Waals surface area contributed by atoms with Crippen LogP contribution >= 0.6 is 0 Å². The number of hydrogen-bond acceptors (Lipinski definition) is 1. The topological polar surface area (TPSA) is 23.8 Å². The van der Waals surface area contributed by atoms with Crippen molar-refractivity contribution in [1.29, 1.82) is 5.26 Å². The van der Waals surface area contributed by atoms with Crippen LogP contribution < -0.4 is 0 Å². The summed E-state index contributed by atoms with van der Waals surface area (Å²) in [6, 6.07) is 3.06. The first-order valence-corrected chi connectivity index (χ1v) is 4.64. The van der Waals surface area contributed by atoms with Gasteiger partial charge in [-0.25, -0.2) is 4.39 Å². The van der Waals surface area contributed by atoms with Crippen molar-refractivity contribution in [2.45, 2.75) is 26.9 Å². The van der Waals surface area contributed by atoms with E-state index in [1.807, 2.05) is 13.8 Å². The van der Waals surface area contributed by atoms with Crippen LogP contribution in [-0.2, 0) is 6.18 Å². The number of hydrogen-bond donors (Lipinski definition) is 0. The molecule has 0 aromatic heterocycles. The largest absolute Gasteiger partial charge is 0.418 e. The summed E-state index contributed by atoms with van der Waals surface area (Å²) in [6.07, 6.45) is -4.70. The van der Waals surface area contributed by atoms with Gasteiger partial charge in [-0.3, -0.25) is 0 Å². The minimum Gasteiger partial charge on any atom is -0.207 e. The summed E-state index contributed by atoms with van der Waals surface area (Å²) < 4.78 is 49.9. The molecule has 0 saturated heterocycles. The van der Waals surface area contributed by atoms with E-state index in [1.165, 1.54) is 6.07 Å². The Balaban J connectivity index is 0.00000106. The highest BCUT2D eigenvalue weighted by molar-refractivity contribution is 5.44. The van der Waals surface area contributed by atoms with E-state index in [9.17, 15) is 17.6 Å². The van der Waals surface area contributed by atoms with E-state index in [0.717, 1.165) is 19.1 Å². The summed E-state index contributed by atoms with van der Waals surface area (Å²) in [5.74, 6) is -0.962. The first-order chi connectivity index (χ1) is 7.38. The van der Waals surface area contributed by atoms with E-state index < -0.39 is 28.7 Å². The highest BCUT2D eigenvalue weighted by atomic mass is 19.4. The normalized spacial score (nSPS) is 10.1. The van der Waals surface area contributed by atoms with Crippen LogP contribution in [0.3, 0.4) is 0 Å². The molecule has 0 heterocycles. The van der Waals surface area contributed by atoms with Gasteiger partial charge in [-0.2, -0.15) is 18.4 Å². The van der Waals surface area contributed by atoms with Gasteiger partial charge in [0.15, 0.2) is 0 Å². The van der Waals surface area contributed by atoms with E-state index in [-0.39, 0.29) is 0 Å². The van der Waals surface area contributed by atoms with Crippen molar-refractivity contribution in [2.75, 3.05) is 0 Å². The molecule has 0 N–H and O–H groups in total. The van der Waals surface area contributed by atoms with Crippen molar-refractivity contribution in [3.8, 4) is 6.07 Å². The van der Waals surface area contributed by atoms with Gasteiger partial charge in [0, 0.05) is 0 Å². The zero-order valence-electron chi connectivity index (χ0n) is 9.11. The van der Waals surface area contributed by atoms with Crippen molar-refractivity contribution in [3.63, 3.8) is 0 Å². The molecule has 1 aromatic rings. The lowest BCUT2D eigenvalue weighted by molar-refractivity contribution is -0.138. The van der Waals surface area contributed by atoms with E-state index in [0.29, 0.717) is 0 Å². The molecule has 0 spiro atoms. The standard InChI is InChI=1S/C9H5F4N.C2H6/c1-5-7(10)3-2-6(4-14)8(5)9(11,12)13;1-2/h2-3H,1H3;1-2H3. The van der Waals surface area contributed by atoms with Gasteiger partial charge in [0.2, 0.25) is 0 Å². The summed E-state index contributed by atoms with van der Waals surface area (Å²) in [7, 11) is 0. The second-order valence-electron chi connectivity index (χ2n) is 2.70. The second-order valence-corrected chi connectivity index (χ2v) is 2.70. The Bertz CT molecular complexity index is 402. The van der Waals surface area contributed by atoms with Gasteiger partial charge in [-0.05, 0) is 24.6 Å². The van der Waals surface area contributed by atoms with Crippen molar-refractivity contribution >= 4 is 0 Å². The molecule has 0 unspecified atom stereocenters. The smallest absolute Gasteiger partial charge is 0.207 e. The summed E-state index contributed by atoms with van der Waals surface area (Å²) in [4.78, 5) is 0. The minimum absolute atomic E-state index is 0.545. The lowest BCUT2D eigenvalue weighted by Crippen LogP contribution is -2.11. The predicted molar refractivity (Wildman–Crippen MR) is 52.2 cm³/mol. The molecule has 88 valence electrons. The van der Waals surface area contributed by atoms with Gasteiger partial charge in [0.05, 0.1) is 17.2 Å². The maximum absolute atomic E-state index is 12.8. The molecule has 0 amide bonds. The van der Waals surface area contributed by atoms with Crippen LogP contribution in [-0.4, -0.2) is 0 Å². The Morgan fingerprint density at radius 1 is 1.19 bits per heavy atom. The summed E-state index contributed by atoms with van der Waals surface area (Å²) in [5.41, 5.74) is -2.30. The van der Waals surface area contributed by atoms with Crippen LogP contribution in [0.5, 0.6) is 0 Å². The molecular formula is C11H11F4N. The van der Waals surface area contributed by atoms with Gasteiger partial charge in [-0.15, -0.1) is 0 Å². The third-order valence-electron chi connectivity index (χ3n) is 1.80. The van der Waals surface area contributed by atoms with Crippen LogP contribution in [0.2, 0.25) is 0 Å². The van der Waals surface area contributed by atoms with Gasteiger partial charge in [0.25, 0.3) is 0 Å². The van der Waals surface area contributed by atoms with Gasteiger partial charge in [-0.1, -0.05) is 13.8 Å². The highest BCUT2D eigenvalue weighted by Gasteiger charge is 2.36. The Labute approximate surface area is 91.3 Å². The van der Waals surface area contributed by atoms with Gasteiger partial charge < -0.3 is 0 Å². The molecule has 0 aliphatic rings. The Hall–Kier alpha value is -1.57. The Morgan fingerprint density at radius 2 is 1.69 bits per heavy atom. The van der Waals surface area contributed by atoms with E-state index >= 15 is 0 Å². The predicted octanol–water partition coefficient (Wildman–Crippen LogP) is 4.05. The first kappa shape index (κ1) is 14.4. The molecule has 1 rings (SSSR count). The molecule has 0 saturated carbocycles. The van der Waals surface area contributed by atoms with Crippen molar-refractivity contribution in [2.24, 2.45) is 0 Å². The zero-order chi connectivity index (χ0) is 12.9. The zero-order valence-corrected chi connectivity index (χ0v) is 9.11. The quantitative estimate of drug-likeness (QED) is 0.620. The van der Waals surface area contributed by atoms with Crippen molar-refractivity contribution in [3.05, 3.63) is 34.6 Å². The molecule has 0 fully saturated rings. The molecule has 16 heavy (non-hydrogen) atoms. The van der Waals surface area contributed by atoms with E-state index in [2.05, 4.69) is 0 Å². The van der Waals surface area contributed by atoms with Crippen LogP contribution in [0.1, 0.15) is 30.5 Å². The van der Waals surface area contributed by atoms with Crippen LogP contribution in [0.15, 0.2) is 12.1 Å². The number of halogens is 4. The average Bonchev–Trinajstić information content (AvgIpc) is 2.23. The van der Waals surface area contributed by atoms with E-state index in [1.54, 1.807) is 0 Å². The fourth-order valence-corrected chi connectivity index (χ4v) is 1.14. The van der Waals surface area contributed by atoms with Crippen molar-refractivity contribution in [1.82, 2.24) is 0 Å². The fraction of sp³-hybridized carbons (Fsp3) is 0.364. The Kier molecular flexibility index (Phi) is 4.96. The molecule has 1 aromatic carbocycles. The molecule has 1 nitrogen and oxygen atoms in total. The SMILES string of the molecule is CC.Cc1c(F)ccc(C#N)c1C(F)(F)F. The van der Waals surface area contributed by atoms with E-state index in [4.69, 9.17) is 5.26 Å². The fourth-order valence-electron chi connectivity index (χ4n) is 1.14. The molecule has 5 heteroatoms. The van der Waals surface area contributed by atoms with Crippen molar-refractivity contribution < 1.29 is 17.6 Å². The average molecular weight is 233 g/mol. The number of benzene rings is 1. The summed E-state index contributed by atoms with van der Waals surface area (Å²) >= 11 is 0. The molecule has 0 bridgehead atoms. The summed E-state index contributed by atoms with van der Waals surface area (Å²) in [5, 5.41) is 8.42. The maximum Gasteiger partial charge on any atom is 0.418 e. The lowest BCUT2D eigenvalue weighted by atomic mass is 10.0. The monoisotopic (exact) mass is 233 g/mol. The minimum atomic E-state index is -4.70. The summed E-state index contributed by atoms with van der Waals surface area (Å²) in [6.45, 7) is 5.00. The molecule has 0 atom stereocenters. The Morgan fingerprint density at radius 3 is 2.06 bits per heavy atom. The third-order valence-corrected chi connectivity index (χ3v) is 1.80. The molecule has 0 radical (unpaired) electrons. The van der Waals surface area contributed by atoms with Gasteiger partial charge in [0.1, 0.15) is 5.82 Å². The van der Waals surface area contributed by atoms with Crippen LogP contribution in [0.25, 0.3) is 0 Å². The second kappa shape index (κ2) is 5.50. The van der Waals surface area contributed by atoms with Crippen LogP contribution in [0.4, 0.5) is 17.6 Å². The number of alkyl halides is 3. The molecule has 0 aliphatic heterocycles. The number of rotatable bonds is 0. The van der Waals surface area contributed by atoms with Gasteiger partial charge >= 0.3 is 6.18 Å². The third kappa shape index (κ3) is 2.96.